The third-order valence-corrected chi connectivity index (χ3v) is 3.62. The van der Waals surface area contributed by atoms with E-state index in [9.17, 15) is 0 Å². The fraction of sp³-hybridized carbons (Fsp3) is 0.211. The lowest BCUT2D eigenvalue weighted by molar-refractivity contribution is 0.669. The minimum atomic E-state index is 0.903. The number of aliphatic imine (C=N–C) groups is 1. The highest BCUT2D eigenvalue weighted by Crippen LogP contribution is 2.29. The first-order valence-electron chi connectivity index (χ1n) is 7.46. The minimum absolute atomic E-state index is 0.903. The maximum atomic E-state index is 5.94. The second-order valence-electron chi connectivity index (χ2n) is 5.03. The summed E-state index contributed by atoms with van der Waals surface area (Å²) in [6, 6.07) is 14.5. The number of allylic oxidation sites excluding steroid dienone is 1. The van der Waals surface area contributed by atoms with Crippen molar-refractivity contribution in [2.45, 2.75) is 26.7 Å². The molecule has 21 heavy (non-hydrogen) atoms. The van der Waals surface area contributed by atoms with Crippen LogP contribution in [0.1, 0.15) is 32.3 Å². The molecule has 0 atom stereocenters. The molecule has 0 fully saturated rings. The highest BCUT2D eigenvalue weighted by atomic mass is 16.3. The van der Waals surface area contributed by atoms with E-state index in [1.165, 1.54) is 5.39 Å². The monoisotopic (exact) mass is 277 g/mol. The van der Waals surface area contributed by atoms with Crippen LogP contribution < -0.4 is 0 Å². The van der Waals surface area contributed by atoms with Crippen molar-refractivity contribution in [1.82, 2.24) is 0 Å². The van der Waals surface area contributed by atoms with Crippen molar-refractivity contribution < 1.29 is 4.42 Å². The van der Waals surface area contributed by atoms with Crippen LogP contribution in [0.5, 0.6) is 0 Å². The van der Waals surface area contributed by atoms with Crippen LogP contribution in [0.2, 0.25) is 0 Å². The molecule has 0 saturated carbocycles. The highest BCUT2D eigenvalue weighted by molar-refractivity contribution is 6.08. The lowest BCUT2D eigenvalue weighted by Gasteiger charge is -2.02. The molecule has 1 heterocycles. The molecule has 2 aromatic carbocycles. The number of hydrogen-bond donors (Lipinski definition) is 0. The van der Waals surface area contributed by atoms with Gasteiger partial charge in [-0.3, -0.25) is 4.99 Å². The van der Waals surface area contributed by atoms with Crippen LogP contribution in [0.3, 0.4) is 0 Å². The molecule has 2 heteroatoms. The van der Waals surface area contributed by atoms with Crippen molar-refractivity contribution in [2.75, 3.05) is 0 Å². The number of benzene rings is 2. The molecule has 2 nitrogen and oxygen atoms in total. The first kappa shape index (κ1) is 13.6. The molecule has 0 radical (unpaired) electrons. The number of fused-ring (bicyclic) bond motifs is 3. The smallest absolute Gasteiger partial charge is 0.136 e. The zero-order valence-electron chi connectivity index (χ0n) is 12.5. The summed E-state index contributed by atoms with van der Waals surface area (Å²) >= 11 is 0. The molecule has 0 unspecified atom stereocenters. The van der Waals surface area contributed by atoms with Gasteiger partial charge in [0.05, 0.1) is 0 Å². The molecular formula is C19H19NO. The van der Waals surface area contributed by atoms with Crippen molar-refractivity contribution in [3.8, 4) is 0 Å². The molecule has 0 spiro atoms. The van der Waals surface area contributed by atoms with E-state index in [4.69, 9.17) is 4.42 Å². The first-order valence-corrected chi connectivity index (χ1v) is 7.46. The first-order chi connectivity index (χ1) is 10.3. The van der Waals surface area contributed by atoms with Crippen molar-refractivity contribution in [1.29, 1.82) is 0 Å². The van der Waals surface area contributed by atoms with E-state index in [1.54, 1.807) is 0 Å². The summed E-state index contributed by atoms with van der Waals surface area (Å²) in [6.45, 7) is 4.24. The van der Waals surface area contributed by atoms with E-state index < -0.39 is 0 Å². The van der Waals surface area contributed by atoms with Gasteiger partial charge in [-0.1, -0.05) is 44.2 Å². The van der Waals surface area contributed by atoms with Gasteiger partial charge in [-0.25, -0.2) is 0 Å². The van der Waals surface area contributed by atoms with Crippen molar-refractivity contribution >= 4 is 27.7 Å². The summed E-state index contributed by atoms with van der Waals surface area (Å²) in [5.74, 6) is 0. The third kappa shape index (κ3) is 2.62. The molecule has 0 aliphatic heterocycles. The topological polar surface area (TPSA) is 25.5 Å². The molecule has 0 amide bonds. The molecule has 0 aliphatic rings. The summed E-state index contributed by atoms with van der Waals surface area (Å²) in [4.78, 5) is 4.56. The molecule has 3 rings (SSSR count). The fourth-order valence-electron chi connectivity index (χ4n) is 2.52. The molecular weight excluding hydrogens is 258 g/mol. The minimum Gasteiger partial charge on any atom is -0.456 e. The Bertz CT molecular complexity index is 824. The average Bonchev–Trinajstić information content (AvgIpc) is 2.89. The molecule has 3 aromatic rings. The lowest BCUT2D eigenvalue weighted by Crippen LogP contribution is -1.97. The summed E-state index contributed by atoms with van der Waals surface area (Å²) in [7, 11) is 0. The Morgan fingerprint density at radius 1 is 1.05 bits per heavy atom. The Kier molecular flexibility index (Phi) is 3.87. The van der Waals surface area contributed by atoms with Gasteiger partial charge in [-0.15, -0.1) is 0 Å². The fourth-order valence-corrected chi connectivity index (χ4v) is 2.52. The van der Waals surface area contributed by atoms with E-state index in [0.717, 1.165) is 40.7 Å². The number of nitrogens with zero attached hydrogens (tertiary/aromatic N) is 1. The second kappa shape index (κ2) is 5.96. The highest BCUT2D eigenvalue weighted by Gasteiger charge is 2.08. The maximum absolute atomic E-state index is 5.94. The van der Waals surface area contributed by atoms with Crippen LogP contribution in [0.25, 0.3) is 21.9 Å². The average molecular weight is 277 g/mol. The zero-order valence-corrected chi connectivity index (χ0v) is 12.5. The number of furan rings is 1. The zero-order chi connectivity index (χ0) is 14.7. The predicted molar refractivity (Wildman–Crippen MR) is 90.0 cm³/mol. The van der Waals surface area contributed by atoms with E-state index in [-0.39, 0.29) is 0 Å². The van der Waals surface area contributed by atoms with Gasteiger partial charge in [-0.05, 0) is 36.6 Å². The van der Waals surface area contributed by atoms with Gasteiger partial charge in [0.2, 0.25) is 0 Å². The van der Waals surface area contributed by atoms with Crippen LogP contribution >= 0.6 is 0 Å². The van der Waals surface area contributed by atoms with Crippen molar-refractivity contribution in [2.24, 2.45) is 4.99 Å². The van der Waals surface area contributed by atoms with Gasteiger partial charge in [-0.2, -0.15) is 0 Å². The quantitative estimate of drug-likeness (QED) is 0.561. The summed E-state index contributed by atoms with van der Waals surface area (Å²) in [5, 5.41) is 2.33. The molecule has 0 bridgehead atoms. The van der Waals surface area contributed by atoms with Gasteiger partial charge in [0, 0.05) is 22.7 Å². The maximum Gasteiger partial charge on any atom is 0.136 e. The van der Waals surface area contributed by atoms with Crippen molar-refractivity contribution in [3.63, 3.8) is 0 Å². The lowest BCUT2D eigenvalue weighted by atomic mass is 10.1. The third-order valence-electron chi connectivity index (χ3n) is 3.62. The summed E-state index contributed by atoms with van der Waals surface area (Å²) < 4.78 is 5.94. The van der Waals surface area contributed by atoms with Crippen LogP contribution in [0.15, 0.2) is 64.2 Å². The summed E-state index contributed by atoms with van der Waals surface area (Å²) in [5.41, 5.74) is 4.08. The standard InChI is InChI=1S/C19H19NO/c1-3-5-12-20-17(4-2)14-10-11-16-15-8-6-7-9-18(15)21-19(16)13-14/h5-13H,3-4H2,1-2H3/b12-5+,20-17+. The van der Waals surface area contributed by atoms with Gasteiger partial charge in [0.15, 0.2) is 0 Å². The molecule has 0 N–H and O–H groups in total. The van der Waals surface area contributed by atoms with Gasteiger partial charge in [0.25, 0.3) is 0 Å². The van der Waals surface area contributed by atoms with Crippen molar-refractivity contribution in [3.05, 3.63) is 60.3 Å². The molecule has 0 aliphatic carbocycles. The van der Waals surface area contributed by atoms with E-state index in [2.05, 4.69) is 49.2 Å². The van der Waals surface area contributed by atoms with E-state index in [1.807, 2.05) is 24.4 Å². The summed E-state index contributed by atoms with van der Waals surface area (Å²) in [6.07, 6.45) is 5.86. The number of rotatable bonds is 4. The van der Waals surface area contributed by atoms with Crippen LogP contribution in [0.4, 0.5) is 0 Å². The Morgan fingerprint density at radius 3 is 2.67 bits per heavy atom. The van der Waals surface area contributed by atoms with Gasteiger partial charge < -0.3 is 4.42 Å². The van der Waals surface area contributed by atoms with Gasteiger partial charge >= 0.3 is 0 Å². The predicted octanol–water partition coefficient (Wildman–Crippen LogP) is 5.71. The van der Waals surface area contributed by atoms with Crippen LogP contribution in [0, 0.1) is 0 Å². The molecule has 106 valence electrons. The molecule has 1 aromatic heterocycles. The number of hydrogen-bond acceptors (Lipinski definition) is 2. The Balaban J connectivity index is 2.10. The Hall–Kier alpha value is -2.35. The Labute approximate surface area is 124 Å². The van der Waals surface area contributed by atoms with E-state index >= 15 is 0 Å². The largest absolute Gasteiger partial charge is 0.456 e. The van der Waals surface area contributed by atoms with Crippen LogP contribution in [-0.2, 0) is 0 Å². The van der Waals surface area contributed by atoms with Crippen LogP contribution in [-0.4, -0.2) is 5.71 Å². The normalized spacial score (nSPS) is 12.8. The Morgan fingerprint density at radius 2 is 1.86 bits per heavy atom. The van der Waals surface area contributed by atoms with E-state index in [0.29, 0.717) is 0 Å². The SMILES string of the molecule is CC/C=C/N=C(\CC)c1ccc2c(c1)oc1ccccc12. The molecule has 0 saturated heterocycles. The second-order valence-corrected chi connectivity index (χ2v) is 5.03. The number of para-hydroxylation sites is 1. The van der Waals surface area contributed by atoms with Gasteiger partial charge in [0.1, 0.15) is 11.2 Å².